The summed E-state index contributed by atoms with van der Waals surface area (Å²) in [4.78, 5) is 25.8. The molecule has 2 aromatic carbocycles. The molecule has 0 saturated carbocycles. The number of carbonyl (C=O) groups is 2. The minimum Gasteiger partial charge on any atom is -0.480 e. The molecule has 0 aromatic heterocycles. The van der Waals surface area contributed by atoms with Crippen molar-refractivity contribution in [2.45, 2.75) is 44.2 Å². The molecule has 1 aliphatic carbocycles. The summed E-state index contributed by atoms with van der Waals surface area (Å²) < 4.78 is 11.4. The van der Waals surface area contributed by atoms with E-state index in [-0.39, 0.29) is 25.2 Å². The lowest BCUT2D eigenvalue weighted by atomic mass is 9.98. The number of nitrogens with zero attached hydrogens (tertiary/aromatic N) is 1. The Morgan fingerprint density at radius 3 is 2.30 bits per heavy atom. The van der Waals surface area contributed by atoms with Gasteiger partial charge in [0, 0.05) is 18.9 Å². The van der Waals surface area contributed by atoms with Crippen LogP contribution in [0.15, 0.2) is 48.5 Å². The number of fused-ring (bicyclic) bond motifs is 3. The summed E-state index contributed by atoms with van der Waals surface area (Å²) in [6, 6.07) is 15.3. The Morgan fingerprint density at radius 2 is 1.70 bits per heavy atom. The molecule has 158 valence electrons. The van der Waals surface area contributed by atoms with Gasteiger partial charge in [0.25, 0.3) is 0 Å². The maximum absolute atomic E-state index is 12.8. The molecule has 0 radical (unpaired) electrons. The van der Waals surface area contributed by atoms with Crippen molar-refractivity contribution in [1.82, 2.24) is 4.90 Å². The van der Waals surface area contributed by atoms with Crippen molar-refractivity contribution < 1.29 is 24.2 Å². The van der Waals surface area contributed by atoms with E-state index in [2.05, 4.69) is 31.2 Å². The first-order valence-corrected chi connectivity index (χ1v) is 10.6. The van der Waals surface area contributed by atoms with E-state index in [1.54, 1.807) is 0 Å². The lowest BCUT2D eigenvalue weighted by Crippen LogP contribution is -2.41. The molecule has 1 aliphatic heterocycles. The second kappa shape index (κ2) is 8.88. The van der Waals surface area contributed by atoms with E-state index in [9.17, 15) is 14.7 Å². The number of carbonyl (C=O) groups excluding carboxylic acids is 1. The summed E-state index contributed by atoms with van der Waals surface area (Å²) in [5.41, 5.74) is 4.57. The topological polar surface area (TPSA) is 76.1 Å². The Hall–Kier alpha value is -2.86. The molecule has 4 rings (SSSR count). The van der Waals surface area contributed by atoms with Gasteiger partial charge < -0.3 is 14.6 Å². The number of likely N-dealkylation sites (tertiary alicyclic amines) is 1. The smallest absolute Gasteiger partial charge is 0.410 e. The standard InChI is InChI=1S/C24H27NO5/c1-2-3-12-29-16-13-22(23(26)27)25(14-16)24(28)30-15-21-19-10-6-4-8-17(19)18-9-5-7-11-20(18)21/h4-11,16,21-22H,2-3,12-15H2,1H3,(H,26,27)/t16-,22+/m1/s1. The van der Waals surface area contributed by atoms with Gasteiger partial charge in [-0.2, -0.15) is 0 Å². The van der Waals surface area contributed by atoms with Gasteiger partial charge in [-0.25, -0.2) is 9.59 Å². The number of carboxylic acid groups (broad SMARTS) is 1. The van der Waals surface area contributed by atoms with Crippen LogP contribution in [0.5, 0.6) is 0 Å². The lowest BCUT2D eigenvalue weighted by molar-refractivity contribution is -0.141. The minimum atomic E-state index is -1.02. The van der Waals surface area contributed by atoms with Crippen LogP contribution in [0.2, 0.25) is 0 Å². The Balaban J connectivity index is 1.45. The largest absolute Gasteiger partial charge is 0.480 e. The Kier molecular flexibility index (Phi) is 6.04. The molecule has 1 amide bonds. The van der Waals surface area contributed by atoms with Gasteiger partial charge in [-0.15, -0.1) is 0 Å². The fourth-order valence-corrected chi connectivity index (χ4v) is 4.43. The monoisotopic (exact) mass is 409 g/mol. The molecular formula is C24H27NO5. The minimum absolute atomic E-state index is 0.0520. The predicted molar refractivity (Wildman–Crippen MR) is 112 cm³/mol. The normalized spacial score (nSPS) is 20.1. The van der Waals surface area contributed by atoms with Crippen molar-refractivity contribution in [3.05, 3.63) is 59.7 Å². The van der Waals surface area contributed by atoms with Crippen LogP contribution in [0.3, 0.4) is 0 Å². The van der Waals surface area contributed by atoms with Crippen LogP contribution < -0.4 is 0 Å². The summed E-state index contributed by atoms with van der Waals surface area (Å²) in [6.07, 6.45) is 1.36. The van der Waals surface area contributed by atoms with Crippen molar-refractivity contribution in [2.75, 3.05) is 19.8 Å². The van der Waals surface area contributed by atoms with Crippen LogP contribution in [-0.2, 0) is 14.3 Å². The average Bonchev–Trinajstić information content (AvgIpc) is 3.32. The van der Waals surface area contributed by atoms with Gasteiger partial charge in [-0.1, -0.05) is 61.9 Å². The molecular weight excluding hydrogens is 382 g/mol. The third-order valence-corrected chi connectivity index (χ3v) is 5.97. The predicted octanol–water partition coefficient (Wildman–Crippen LogP) is 4.28. The SMILES string of the molecule is CCCCO[C@@H]1C[C@@H](C(=O)O)N(C(=O)OCC2c3ccccc3-c3ccccc32)C1. The highest BCUT2D eigenvalue weighted by atomic mass is 16.6. The van der Waals surface area contributed by atoms with Crippen molar-refractivity contribution in [3.63, 3.8) is 0 Å². The molecule has 1 heterocycles. The molecule has 0 bridgehead atoms. The second-order valence-electron chi connectivity index (χ2n) is 7.89. The van der Waals surface area contributed by atoms with Gasteiger partial charge in [0.2, 0.25) is 0 Å². The van der Waals surface area contributed by atoms with Crippen LogP contribution in [0.1, 0.15) is 43.2 Å². The first-order valence-electron chi connectivity index (χ1n) is 10.6. The Morgan fingerprint density at radius 1 is 1.07 bits per heavy atom. The highest BCUT2D eigenvalue weighted by Crippen LogP contribution is 2.44. The quantitative estimate of drug-likeness (QED) is 0.691. The molecule has 1 saturated heterocycles. The number of ether oxygens (including phenoxy) is 2. The zero-order chi connectivity index (χ0) is 21.1. The zero-order valence-electron chi connectivity index (χ0n) is 17.1. The molecule has 0 spiro atoms. The van der Waals surface area contributed by atoms with Gasteiger partial charge in [-0.3, -0.25) is 4.90 Å². The van der Waals surface area contributed by atoms with E-state index in [0.717, 1.165) is 35.1 Å². The third kappa shape index (κ3) is 3.92. The molecule has 6 nitrogen and oxygen atoms in total. The van der Waals surface area contributed by atoms with E-state index in [4.69, 9.17) is 9.47 Å². The number of rotatable bonds is 7. The van der Waals surface area contributed by atoms with Gasteiger partial charge in [0.15, 0.2) is 0 Å². The van der Waals surface area contributed by atoms with Gasteiger partial charge >= 0.3 is 12.1 Å². The van der Waals surface area contributed by atoms with Crippen LogP contribution in [0.4, 0.5) is 4.79 Å². The third-order valence-electron chi connectivity index (χ3n) is 5.97. The average molecular weight is 409 g/mol. The van der Waals surface area contributed by atoms with Crippen LogP contribution in [0.25, 0.3) is 11.1 Å². The summed E-state index contributed by atoms with van der Waals surface area (Å²) in [6.45, 7) is 3.07. The molecule has 2 aromatic rings. The lowest BCUT2D eigenvalue weighted by Gasteiger charge is -2.22. The number of aliphatic carboxylic acids is 1. The summed E-state index contributed by atoms with van der Waals surface area (Å²) in [5.74, 6) is -1.08. The fraction of sp³-hybridized carbons (Fsp3) is 0.417. The molecule has 2 aliphatic rings. The molecule has 0 unspecified atom stereocenters. The Bertz CT molecular complexity index is 882. The maximum Gasteiger partial charge on any atom is 0.410 e. The van der Waals surface area contributed by atoms with Crippen LogP contribution >= 0.6 is 0 Å². The van der Waals surface area contributed by atoms with E-state index >= 15 is 0 Å². The van der Waals surface area contributed by atoms with Crippen LogP contribution in [-0.4, -0.2) is 54.0 Å². The van der Waals surface area contributed by atoms with Crippen molar-refractivity contribution in [1.29, 1.82) is 0 Å². The molecule has 2 atom stereocenters. The van der Waals surface area contributed by atoms with Gasteiger partial charge in [-0.05, 0) is 28.7 Å². The van der Waals surface area contributed by atoms with E-state index < -0.39 is 18.1 Å². The number of hydrogen-bond donors (Lipinski definition) is 1. The fourth-order valence-electron chi connectivity index (χ4n) is 4.43. The second-order valence-corrected chi connectivity index (χ2v) is 7.89. The van der Waals surface area contributed by atoms with Crippen molar-refractivity contribution in [2.24, 2.45) is 0 Å². The number of hydrogen-bond acceptors (Lipinski definition) is 4. The number of carboxylic acids is 1. The number of benzene rings is 2. The first-order chi connectivity index (χ1) is 14.6. The van der Waals surface area contributed by atoms with E-state index in [0.29, 0.717) is 13.0 Å². The maximum atomic E-state index is 12.8. The number of unbranched alkanes of at least 4 members (excludes halogenated alkanes) is 1. The van der Waals surface area contributed by atoms with E-state index in [1.807, 2.05) is 24.3 Å². The molecule has 1 fully saturated rings. The summed E-state index contributed by atoms with van der Waals surface area (Å²) in [5, 5.41) is 9.56. The summed E-state index contributed by atoms with van der Waals surface area (Å²) >= 11 is 0. The van der Waals surface area contributed by atoms with Gasteiger partial charge in [0.05, 0.1) is 12.6 Å². The van der Waals surface area contributed by atoms with E-state index in [1.165, 1.54) is 4.90 Å². The highest BCUT2D eigenvalue weighted by molar-refractivity contribution is 5.81. The Labute approximate surface area is 176 Å². The zero-order valence-corrected chi connectivity index (χ0v) is 17.1. The summed E-state index contributed by atoms with van der Waals surface area (Å²) in [7, 11) is 0. The highest BCUT2D eigenvalue weighted by Gasteiger charge is 2.41. The number of amides is 1. The van der Waals surface area contributed by atoms with Gasteiger partial charge in [0.1, 0.15) is 12.6 Å². The van der Waals surface area contributed by atoms with Crippen molar-refractivity contribution in [3.8, 4) is 11.1 Å². The molecule has 1 N–H and O–H groups in total. The van der Waals surface area contributed by atoms with Crippen molar-refractivity contribution >= 4 is 12.1 Å². The van der Waals surface area contributed by atoms with Crippen LogP contribution in [0, 0.1) is 0 Å². The molecule has 6 heteroatoms. The first kappa shape index (κ1) is 20.4. The molecule has 30 heavy (non-hydrogen) atoms.